The van der Waals surface area contributed by atoms with Crippen molar-refractivity contribution in [2.24, 2.45) is 0 Å². The summed E-state index contributed by atoms with van der Waals surface area (Å²) in [5.41, 5.74) is 2.64. The number of rotatable bonds is 8. The van der Waals surface area contributed by atoms with Gasteiger partial charge in [-0.2, -0.15) is 0 Å². The Bertz CT molecular complexity index is 1220. The van der Waals surface area contributed by atoms with E-state index in [1.165, 1.54) is 16.9 Å². The van der Waals surface area contributed by atoms with Crippen molar-refractivity contribution < 1.29 is 13.2 Å². The summed E-state index contributed by atoms with van der Waals surface area (Å²) in [5.74, 6) is 0.707. The Kier molecular flexibility index (Phi) is 7.72. The Balaban J connectivity index is 1.62. The molecule has 1 saturated heterocycles. The summed E-state index contributed by atoms with van der Waals surface area (Å²) in [7, 11) is -3.65. The van der Waals surface area contributed by atoms with Crippen LogP contribution in [0, 0.1) is 13.8 Å². The Hall–Kier alpha value is -2.26. The summed E-state index contributed by atoms with van der Waals surface area (Å²) in [6.45, 7) is 9.02. The number of nitrogens with one attached hydrogen (secondary N) is 2. The van der Waals surface area contributed by atoms with Gasteiger partial charge in [0.05, 0.1) is 21.7 Å². The number of piperidine rings is 1. The lowest BCUT2D eigenvalue weighted by Crippen LogP contribution is -2.45. The second kappa shape index (κ2) is 10.6. The minimum atomic E-state index is -3.65. The molecule has 1 aromatic heterocycles. The number of aromatic nitrogens is 1. The van der Waals surface area contributed by atoms with Gasteiger partial charge >= 0.3 is 0 Å². The summed E-state index contributed by atoms with van der Waals surface area (Å²) in [6.07, 6.45) is 2.12. The van der Waals surface area contributed by atoms with Gasteiger partial charge in [0.15, 0.2) is 0 Å². The highest BCUT2D eigenvalue weighted by molar-refractivity contribution is 7.93. The van der Waals surface area contributed by atoms with Gasteiger partial charge in [-0.3, -0.25) is 0 Å². The lowest BCUT2D eigenvalue weighted by atomic mass is 9.92. The molecule has 1 fully saturated rings. The number of benzene rings is 2. The highest BCUT2D eigenvalue weighted by Gasteiger charge is 2.27. The minimum Gasteiger partial charge on any atom is -0.491 e. The average Bonchev–Trinajstić information content (AvgIpc) is 3.17. The first kappa shape index (κ1) is 24.9. The third-order valence-electron chi connectivity index (χ3n) is 5.98. The summed E-state index contributed by atoms with van der Waals surface area (Å²) in [6, 6.07) is 16.1. The Morgan fingerprint density at radius 2 is 1.94 bits per heavy atom. The maximum Gasteiger partial charge on any atom is 0.217 e. The van der Waals surface area contributed by atoms with E-state index in [9.17, 15) is 8.42 Å². The third-order valence-corrected chi connectivity index (χ3v) is 9.42. The highest BCUT2D eigenvalue weighted by Crippen LogP contribution is 2.32. The SMILES string of the molecule is Cc1nc(C)c(S(=O)(=O)c2ccc(OC(C)C)c(CN[C@H]3CCCN[C@H]3c3ccccc3)c2)s1. The van der Waals surface area contributed by atoms with Gasteiger partial charge in [0.1, 0.15) is 9.96 Å². The largest absolute Gasteiger partial charge is 0.491 e. The van der Waals surface area contributed by atoms with Gasteiger partial charge in [-0.15, -0.1) is 11.3 Å². The van der Waals surface area contributed by atoms with Crippen LogP contribution in [0.5, 0.6) is 5.75 Å². The number of sulfone groups is 1. The molecule has 0 spiro atoms. The summed E-state index contributed by atoms with van der Waals surface area (Å²) in [5, 5.41) is 8.07. The number of hydrogen-bond acceptors (Lipinski definition) is 7. The van der Waals surface area contributed by atoms with Crippen LogP contribution in [0.2, 0.25) is 0 Å². The van der Waals surface area contributed by atoms with Gasteiger partial charge in [-0.25, -0.2) is 13.4 Å². The molecule has 3 aromatic rings. The van der Waals surface area contributed by atoms with Crippen LogP contribution in [0.4, 0.5) is 0 Å². The van der Waals surface area contributed by atoms with E-state index in [4.69, 9.17) is 4.74 Å². The molecule has 0 unspecified atom stereocenters. The molecule has 0 saturated carbocycles. The average molecular weight is 500 g/mol. The highest BCUT2D eigenvalue weighted by atomic mass is 32.2. The number of hydrogen-bond donors (Lipinski definition) is 2. The van der Waals surface area contributed by atoms with Crippen molar-refractivity contribution in [2.75, 3.05) is 6.54 Å². The maximum atomic E-state index is 13.4. The van der Waals surface area contributed by atoms with E-state index in [2.05, 4.69) is 39.9 Å². The first-order valence-corrected chi connectivity index (χ1v) is 14.1. The molecule has 4 rings (SSSR count). The second-order valence-electron chi connectivity index (χ2n) is 9.02. The molecule has 8 heteroatoms. The van der Waals surface area contributed by atoms with E-state index in [0.717, 1.165) is 30.0 Å². The van der Waals surface area contributed by atoms with E-state index >= 15 is 0 Å². The van der Waals surface area contributed by atoms with Crippen LogP contribution in [-0.2, 0) is 16.4 Å². The standard InChI is InChI=1S/C26H33N3O3S2/c1-17(2)32-24-13-12-22(34(30,31)26-18(3)29-19(4)33-26)15-21(24)16-28-23-11-8-14-27-25(23)20-9-6-5-7-10-20/h5-7,9-10,12-13,15,17,23,25,27-28H,8,11,14,16H2,1-4H3/t23-,25-/m0/s1. The molecule has 2 heterocycles. The zero-order valence-corrected chi connectivity index (χ0v) is 21.8. The number of thiazole rings is 1. The smallest absolute Gasteiger partial charge is 0.217 e. The molecule has 2 aromatic carbocycles. The molecule has 2 N–H and O–H groups in total. The number of aryl methyl sites for hydroxylation is 2. The topological polar surface area (TPSA) is 80.3 Å². The molecule has 6 nitrogen and oxygen atoms in total. The van der Waals surface area contributed by atoms with E-state index in [0.29, 0.717) is 22.2 Å². The molecular weight excluding hydrogens is 466 g/mol. The van der Waals surface area contributed by atoms with Crippen molar-refractivity contribution in [1.29, 1.82) is 0 Å². The van der Waals surface area contributed by atoms with Crippen LogP contribution in [0.3, 0.4) is 0 Å². The molecule has 34 heavy (non-hydrogen) atoms. The van der Waals surface area contributed by atoms with Crippen molar-refractivity contribution >= 4 is 21.2 Å². The van der Waals surface area contributed by atoms with Crippen LogP contribution in [0.1, 0.15) is 54.6 Å². The molecule has 2 atom stereocenters. The van der Waals surface area contributed by atoms with Gasteiger partial charge in [0.2, 0.25) is 9.84 Å². The third kappa shape index (κ3) is 5.51. The summed E-state index contributed by atoms with van der Waals surface area (Å²) < 4.78 is 33.1. The monoisotopic (exact) mass is 499 g/mol. The number of ether oxygens (including phenoxy) is 1. The molecule has 0 amide bonds. The fraction of sp³-hybridized carbons (Fsp3) is 0.423. The molecule has 182 valence electrons. The van der Waals surface area contributed by atoms with Gasteiger partial charge in [-0.1, -0.05) is 30.3 Å². The first-order chi connectivity index (χ1) is 16.3. The van der Waals surface area contributed by atoms with E-state index in [1.54, 1.807) is 25.1 Å². The fourth-order valence-electron chi connectivity index (χ4n) is 4.46. The van der Waals surface area contributed by atoms with Gasteiger partial charge in [-0.05, 0) is 70.8 Å². The van der Waals surface area contributed by atoms with Crippen LogP contribution < -0.4 is 15.4 Å². The summed E-state index contributed by atoms with van der Waals surface area (Å²) >= 11 is 1.22. The molecule has 1 aliphatic heterocycles. The lowest BCUT2D eigenvalue weighted by Gasteiger charge is -2.34. The Morgan fingerprint density at radius 3 is 2.62 bits per heavy atom. The van der Waals surface area contributed by atoms with Crippen LogP contribution in [0.25, 0.3) is 0 Å². The molecular formula is C26H33N3O3S2. The van der Waals surface area contributed by atoms with Gasteiger partial charge in [0.25, 0.3) is 0 Å². The fourth-order valence-corrected chi connectivity index (χ4v) is 7.39. The molecule has 0 bridgehead atoms. The van der Waals surface area contributed by atoms with Gasteiger partial charge in [0, 0.05) is 24.2 Å². The lowest BCUT2D eigenvalue weighted by molar-refractivity contribution is 0.237. The zero-order chi connectivity index (χ0) is 24.3. The van der Waals surface area contributed by atoms with Crippen LogP contribution >= 0.6 is 11.3 Å². The van der Waals surface area contributed by atoms with Crippen molar-refractivity contribution in [3.63, 3.8) is 0 Å². The van der Waals surface area contributed by atoms with E-state index in [1.807, 2.05) is 26.8 Å². The minimum absolute atomic E-state index is 0.0130. The molecule has 0 radical (unpaired) electrons. The van der Waals surface area contributed by atoms with E-state index < -0.39 is 9.84 Å². The van der Waals surface area contributed by atoms with Crippen molar-refractivity contribution in [1.82, 2.24) is 15.6 Å². The normalized spacial score (nSPS) is 18.9. The predicted molar refractivity (Wildman–Crippen MR) is 136 cm³/mol. The molecule has 0 aliphatic carbocycles. The Labute approximate surface area is 206 Å². The van der Waals surface area contributed by atoms with Crippen LogP contribution in [0.15, 0.2) is 57.6 Å². The van der Waals surface area contributed by atoms with Gasteiger partial charge < -0.3 is 15.4 Å². The zero-order valence-electron chi connectivity index (χ0n) is 20.2. The Morgan fingerprint density at radius 1 is 1.18 bits per heavy atom. The summed E-state index contributed by atoms with van der Waals surface area (Å²) in [4.78, 5) is 4.58. The quantitative estimate of drug-likeness (QED) is 0.456. The van der Waals surface area contributed by atoms with Crippen molar-refractivity contribution in [3.05, 3.63) is 70.4 Å². The molecule has 1 aliphatic rings. The number of nitrogens with zero attached hydrogens (tertiary/aromatic N) is 1. The van der Waals surface area contributed by atoms with Crippen molar-refractivity contribution in [3.8, 4) is 5.75 Å². The first-order valence-electron chi connectivity index (χ1n) is 11.8. The van der Waals surface area contributed by atoms with E-state index in [-0.39, 0.29) is 23.1 Å². The van der Waals surface area contributed by atoms with Crippen LogP contribution in [-0.4, -0.2) is 32.1 Å². The van der Waals surface area contributed by atoms with Crippen molar-refractivity contribution in [2.45, 2.75) is 74.4 Å². The predicted octanol–water partition coefficient (Wildman–Crippen LogP) is 4.96. The maximum absolute atomic E-state index is 13.4. The second-order valence-corrected chi connectivity index (χ2v) is 12.4.